The highest BCUT2D eigenvalue weighted by atomic mass is 35.5. The Bertz CT molecular complexity index is 1070. The number of nitrogens with one attached hydrogen (secondary N) is 2. The van der Waals surface area contributed by atoms with Crippen molar-refractivity contribution >= 4 is 45.9 Å². The summed E-state index contributed by atoms with van der Waals surface area (Å²) in [4.78, 5) is 14.6. The molecule has 0 atom stereocenters. The predicted molar refractivity (Wildman–Crippen MR) is 123 cm³/mol. The van der Waals surface area contributed by atoms with Crippen molar-refractivity contribution in [1.29, 1.82) is 5.41 Å². The van der Waals surface area contributed by atoms with E-state index in [-0.39, 0.29) is 17.7 Å². The summed E-state index contributed by atoms with van der Waals surface area (Å²) in [5, 5.41) is 13.4. The highest BCUT2D eigenvalue weighted by molar-refractivity contribution is 6.31. The van der Waals surface area contributed by atoms with Crippen molar-refractivity contribution in [3.8, 4) is 5.75 Å². The Balaban J connectivity index is 1.21. The topological polar surface area (TPSA) is 78.6 Å². The number of hydrogen-bond donors (Lipinski definition) is 2. The number of ether oxygens (including phenoxy) is 1. The smallest absolute Gasteiger partial charge is 0.287 e. The summed E-state index contributed by atoms with van der Waals surface area (Å²) in [6.45, 7) is 1.88. The summed E-state index contributed by atoms with van der Waals surface area (Å²) in [5.74, 6) is 1.35. The van der Waals surface area contributed by atoms with Gasteiger partial charge in [0.2, 0.25) is 0 Å². The number of benzene rings is 2. The van der Waals surface area contributed by atoms with Crippen LogP contribution in [0.3, 0.4) is 0 Å². The quantitative estimate of drug-likeness (QED) is 0.383. The molecule has 0 spiro atoms. The van der Waals surface area contributed by atoms with Gasteiger partial charge in [-0.3, -0.25) is 10.2 Å². The van der Waals surface area contributed by atoms with E-state index < -0.39 is 0 Å². The molecule has 4 rings (SSSR count). The van der Waals surface area contributed by atoms with E-state index in [1.165, 1.54) is 0 Å². The molecule has 0 bridgehead atoms. The third kappa shape index (κ3) is 5.51. The van der Waals surface area contributed by atoms with Crippen LogP contribution in [0.2, 0.25) is 10.0 Å². The molecule has 2 heterocycles. The zero-order valence-electron chi connectivity index (χ0n) is 16.9. The Labute approximate surface area is 190 Å². The average Bonchev–Trinajstić information content (AvgIpc) is 3.19. The van der Waals surface area contributed by atoms with E-state index in [9.17, 15) is 4.79 Å². The minimum Gasteiger partial charge on any atom is -0.493 e. The molecule has 1 fully saturated rings. The summed E-state index contributed by atoms with van der Waals surface area (Å²) in [7, 11) is 0. The summed E-state index contributed by atoms with van der Waals surface area (Å²) < 4.78 is 11.3. The molecule has 2 N–H and O–H groups in total. The van der Waals surface area contributed by atoms with Gasteiger partial charge in [-0.15, -0.1) is 0 Å². The van der Waals surface area contributed by atoms with Gasteiger partial charge < -0.3 is 19.4 Å². The molecule has 0 unspecified atom stereocenters. The van der Waals surface area contributed by atoms with E-state index in [0.717, 1.165) is 37.1 Å². The first-order valence-corrected chi connectivity index (χ1v) is 10.9. The van der Waals surface area contributed by atoms with Crippen molar-refractivity contribution in [2.45, 2.75) is 25.3 Å². The number of amidine groups is 1. The molecule has 0 radical (unpaired) electrons. The van der Waals surface area contributed by atoms with Gasteiger partial charge in [0.25, 0.3) is 5.91 Å². The number of carbonyl (C=O) groups is 1. The SMILES string of the molecule is N=C(CCOc1ccc(Cl)cc1)N1CCC(NC(=O)c2cc3cc(Cl)ccc3o2)CC1. The predicted octanol–water partition coefficient (Wildman–Crippen LogP) is 5.38. The molecule has 6 nitrogen and oxygen atoms in total. The molecule has 0 aliphatic carbocycles. The van der Waals surface area contributed by atoms with E-state index in [1.807, 2.05) is 17.0 Å². The Morgan fingerprint density at radius 1 is 1.10 bits per heavy atom. The van der Waals surface area contributed by atoms with Crippen molar-refractivity contribution in [2.24, 2.45) is 0 Å². The van der Waals surface area contributed by atoms with Gasteiger partial charge in [0.1, 0.15) is 11.3 Å². The van der Waals surface area contributed by atoms with Crippen LogP contribution in [0.4, 0.5) is 0 Å². The van der Waals surface area contributed by atoms with Crippen molar-refractivity contribution < 1.29 is 13.9 Å². The number of likely N-dealkylation sites (tertiary alicyclic amines) is 1. The van der Waals surface area contributed by atoms with Crippen LogP contribution >= 0.6 is 23.2 Å². The lowest BCUT2D eigenvalue weighted by molar-refractivity contribution is 0.0896. The standard InChI is InChI=1S/C23H23Cl2N3O3/c24-16-1-4-19(5-2-16)30-12-9-22(26)28-10-7-18(8-11-28)27-23(29)21-14-15-13-17(25)3-6-20(15)31-21/h1-6,13-14,18,26H,7-12H2,(H,27,29). The second kappa shape index (κ2) is 9.62. The summed E-state index contributed by atoms with van der Waals surface area (Å²) in [6.07, 6.45) is 2.08. The number of nitrogens with zero attached hydrogens (tertiary/aromatic N) is 1. The lowest BCUT2D eigenvalue weighted by atomic mass is 10.0. The molecule has 3 aromatic rings. The highest BCUT2D eigenvalue weighted by Crippen LogP contribution is 2.23. The molecule has 1 amide bonds. The maximum Gasteiger partial charge on any atom is 0.287 e. The van der Waals surface area contributed by atoms with Crippen LogP contribution in [0.5, 0.6) is 5.75 Å². The van der Waals surface area contributed by atoms with Crippen molar-refractivity contribution in [1.82, 2.24) is 10.2 Å². The van der Waals surface area contributed by atoms with Crippen LogP contribution < -0.4 is 10.1 Å². The molecule has 1 saturated heterocycles. The van der Waals surface area contributed by atoms with E-state index in [4.69, 9.17) is 37.8 Å². The zero-order valence-corrected chi connectivity index (χ0v) is 18.4. The van der Waals surface area contributed by atoms with Gasteiger partial charge in [-0.05, 0) is 61.4 Å². The zero-order chi connectivity index (χ0) is 21.8. The molecular weight excluding hydrogens is 437 g/mol. The number of halogens is 2. The van der Waals surface area contributed by atoms with Crippen molar-refractivity contribution in [2.75, 3.05) is 19.7 Å². The maximum atomic E-state index is 12.6. The van der Waals surface area contributed by atoms with Gasteiger partial charge in [-0.1, -0.05) is 23.2 Å². The van der Waals surface area contributed by atoms with E-state index in [2.05, 4.69) is 5.32 Å². The fourth-order valence-electron chi connectivity index (χ4n) is 3.63. The van der Waals surface area contributed by atoms with Gasteiger partial charge in [0.15, 0.2) is 5.76 Å². The van der Waals surface area contributed by atoms with Gasteiger partial charge in [0.05, 0.1) is 12.4 Å². The molecule has 1 aliphatic heterocycles. The highest BCUT2D eigenvalue weighted by Gasteiger charge is 2.23. The molecule has 0 saturated carbocycles. The molecule has 31 heavy (non-hydrogen) atoms. The van der Waals surface area contributed by atoms with Crippen LogP contribution in [-0.2, 0) is 0 Å². The lowest BCUT2D eigenvalue weighted by Crippen LogP contribution is -2.46. The van der Waals surface area contributed by atoms with Gasteiger partial charge in [-0.25, -0.2) is 0 Å². The first kappa shape index (κ1) is 21.5. The van der Waals surface area contributed by atoms with Crippen LogP contribution in [0.15, 0.2) is 52.9 Å². The van der Waals surface area contributed by atoms with E-state index >= 15 is 0 Å². The third-order valence-electron chi connectivity index (χ3n) is 5.34. The second-order valence-electron chi connectivity index (χ2n) is 7.53. The summed E-state index contributed by atoms with van der Waals surface area (Å²) in [6, 6.07) is 14.2. The first-order valence-electron chi connectivity index (χ1n) is 10.2. The van der Waals surface area contributed by atoms with Gasteiger partial charge in [0, 0.05) is 41.0 Å². The Morgan fingerprint density at radius 2 is 1.81 bits per heavy atom. The summed E-state index contributed by atoms with van der Waals surface area (Å²) >= 11 is 11.9. The number of piperidine rings is 1. The molecule has 2 aromatic carbocycles. The Hall–Kier alpha value is -2.70. The van der Waals surface area contributed by atoms with Crippen molar-refractivity contribution in [3.05, 3.63) is 64.3 Å². The number of fused-ring (bicyclic) bond motifs is 1. The number of carbonyl (C=O) groups excluding carboxylic acids is 1. The lowest BCUT2D eigenvalue weighted by Gasteiger charge is -2.33. The van der Waals surface area contributed by atoms with Gasteiger partial charge in [-0.2, -0.15) is 0 Å². The second-order valence-corrected chi connectivity index (χ2v) is 8.40. The number of rotatable bonds is 6. The average molecular weight is 460 g/mol. The largest absolute Gasteiger partial charge is 0.493 e. The molecule has 1 aromatic heterocycles. The number of hydrogen-bond acceptors (Lipinski definition) is 4. The number of furan rings is 1. The molecule has 8 heteroatoms. The van der Waals surface area contributed by atoms with Crippen molar-refractivity contribution in [3.63, 3.8) is 0 Å². The fraction of sp³-hybridized carbons (Fsp3) is 0.304. The fourth-order valence-corrected chi connectivity index (χ4v) is 3.94. The van der Waals surface area contributed by atoms with E-state index in [1.54, 1.807) is 36.4 Å². The molecule has 1 aliphatic rings. The molecule has 162 valence electrons. The Kier molecular flexibility index (Phi) is 6.68. The van der Waals surface area contributed by atoms with Crippen LogP contribution in [-0.4, -0.2) is 42.4 Å². The third-order valence-corrected chi connectivity index (χ3v) is 5.82. The monoisotopic (exact) mass is 459 g/mol. The minimum absolute atomic E-state index is 0.0543. The van der Waals surface area contributed by atoms with Crippen LogP contribution in [0.25, 0.3) is 11.0 Å². The first-order chi connectivity index (χ1) is 15.0. The number of amides is 1. The van der Waals surface area contributed by atoms with Crippen LogP contribution in [0.1, 0.15) is 29.8 Å². The normalized spacial score (nSPS) is 14.6. The van der Waals surface area contributed by atoms with Crippen LogP contribution in [0, 0.1) is 5.41 Å². The van der Waals surface area contributed by atoms with Gasteiger partial charge >= 0.3 is 0 Å². The maximum absolute atomic E-state index is 12.6. The minimum atomic E-state index is -0.225. The Morgan fingerprint density at radius 3 is 2.55 bits per heavy atom. The summed E-state index contributed by atoms with van der Waals surface area (Å²) in [5.41, 5.74) is 0.638. The van der Waals surface area contributed by atoms with E-state index in [0.29, 0.717) is 34.5 Å². The molecular formula is C23H23Cl2N3O3.